The molecule has 0 aliphatic heterocycles. The van der Waals surface area contributed by atoms with Crippen LogP contribution in [0.15, 0.2) is 12.4 Å². The molecule has 1 rings (SSSR count). The maximum atomic E-state index is 5.64. The van der Waals surface area contributed by atoms with Crippen molar-refractivity contribution in [2.24, 2.45) is 5.73 Å². The summed E-state index contributed by atoms with van der Waals surface area (Å²) in [4.78, 5) is 4.19. The van der Waals surface area contributed by atoms with Crippen LogP contribution in [-0.2, 0) is 6.54 Å². The smallest absolute Gasteiger partial charge is 0.202 e. The van der Waals surface area contributed by atoms with Crippen molar-refractivity contribution in [3.8, 4) is 0 Å². The highest BCUT2D eigenvalue weighted by Crippen LogP contribution is 2.03. The normalized spacial score (nSPS) is 12.8. The third-order valence-corrected chi connectivity index (χ3v) is 1.94. The van der Waals surface area contributed by atoms with Gasteiger partial charge >= 0.3 is 0 Å². The van der Waals surface area contributed by atoms with Gasteiger partial charge in [0, 0.05) is 31.5 Å². The van der Waals surface area contributed by atoms with Crippen molar-refractivity contribution in [1.29, 1.82) is 0 Å². The van der Waals surface area contributed by atoms with E-state index in [1.165, 1.54) is 0 Å². The number of hydrogen-bond acceptors (Lipinski definition) is 3. The minimum Gasteiger partial charge on any atom is -0.356 e. The van der Waals surface area contributed by atoms with Crippen LogP contribution in [-0.4, -0.2) is 22.1 Å². The molecule has 0 saturated carbocycles. The Hall–Kier alpha value is -1.03. The summed E-state index contributed by atoms with van der Waals surface area (Å²) in [6, 6.07) is 0.248. The molecule has 13 heavy (non-hydrogen) atoms. The highest BCUT2D eigenvalue weighted by atomic mass is 15.2. The Morgan fingerprint density at radius 1 is 1.69 bits per heavy atom. The van der Waals surface area contributed by atoms with Gasteiger partial charge < -0.3 is 15.6 Å². The molecule has 0 radical (unpaired) electrons. The molecule has 0 saturated heterocycles. The zero-order valence-electron chi connectivity index (χ0n) is 8.33. The summed E-state index contributed by atoms with van der Waals surface area (Å²) in [6.07, 6.45) is 4.74. The lowest BCUT2D eigenvalue weighted by molar-refractivity contribution is 0.680. The van der Waals surface area contributed by atoms with Crippen LogP contribution in [0.4, 0.5) is 5.95 Å². The zero-order chi connectivity index (χ0) is 9.68. The zero-order valence-corrected chi connectivity index (χ0v) is 8.33. The molecule has 4 nitrogen and oxygen atoms in total. The molecule has 0 aromatic carbocycles. The maximum absolute atomic E-state index is 5.64. The fourth-order valence-electron chi connectivity index (χ4n) is 1.14. The molecule has 0 aliphatic rings. The van der Waals surface area contributed by atoms with Gasteiger partial charge in [-0.2, -0.15) is 0 Å². The fraction of sp³-hybridized carbons (Fsp3) is 0.667. The predicted molar refractivity (Wildman–Crippen MR) is 54.7 cm³/mol. The predicted octanol–water partition coefficient (Wildman–Crippen LogP) is 1.05. The molecule has 0 fully saturated rings. The van der Waals surface area contributed by atoms with E-state index < -0.39 is 0 Å². The number of anilines is 1. The summed E-state index contributed by atoms with van der Waals surface area (Å²) in [5, 5.41) is 3.25. The van der Waals surface area contributed by atoms with Crippen LogP contribution >= 0.6 is 0 Å². The van der Waals surface area contributed by atoms with Crippen LogP contribution in [0.25, 0.3) is 0 Å². The second-order valence-electron chi connectivity index (χ2n) is 3.23. The summed E-state index contributed by atoms with van der Waals surface area (Å²) >= 11 is 0. The minimum absolute atomic E-state index is 0.248. The molecule has 1 atom stereocenters. The van der Waals surface area contributed by atoms with Gasteiger partial charge in [0.05, 0.1) is 0 Å². The molecular weight excluding hydrogens is 164 g/mol. The average molecular weight is 182 g/mol. The van der Waals surface area contributed by atoms with Crippen molar-refractivity contribution >= 4 is 5.95 Å². The largest absolute Gasteiger partial charge is 0.356 e. The van der Waals surface area contributed by atoms with Crippen LogP contribution < -0.4 is 11.1 Å². The number of hydrogen-bond donors (Lipinski definition) is 2. The van der Waals surface area contributed by atoms with Crippen molar-refractivity contribution in [2.75, 3.05) is 11.9 Å². The number of nitrogens with two attached hydrogens (primary N) is 1. The van der Waals surface area contributed by atoms with E-state index in [4.69, 9.17) is 5.73 Å². The molecule has 1 aromatic rings. The van der Waals surface area contributed by atoms with Crippen LogP contribution in [0.1, 0.15) is 20.3 Å². The number of nitrogens with zero attached hydrogens (tertiary/aromatic N) is 2. The minimum atomic E-state index is 0.248. The maximum Gasteiger partial charge on any atom is 0.202 e. The van der Waals surface area contributed by atoms with Gasteiger partial charge in [-0.15, -0.1) is 0 Å². The number of aromatic nitrogens is 2. The van der Waals surface area contributed by atoms with Crippen molar-refractivity contribution in [2.45, 2.75) is 32.9 Å². The van der Waals surface area contributed by atoms with Gasteiger partial charge in [0.15, 0.2) is 0 Å². The topological polar surface area (TPSA) is 55.9 Å². The Kier molecular flexibility index (Phi) is 3.76. The molecule has 0 spiro atoms. The van der Waals surface area contributed by atoms with Crippen LogP contribution in [0.2, 0.25) is 0 Å². The molecule has 74 valence electrons. The van der Waals surface area contributed by atoms with Gasteiger partial charge in [0.2, 0.25) is 5.95 Å². The first kappa shape index (κ1) is 10.1. The third-order valence-electron chi connectivity index (χ3n) is 1.94. The second-order valence-corrected chi connectivity index (χ2v) is 3.23. The van der Waals surface area contributed by atoms with E-state index in [9.17, 15) is 0 Å². The Bertz CT molecular complexity index is 242. The van der Waals surface area contributed by atoms with Crippen LogP contribution in [0.3, 0.4) is 0 Å². The molecular formula is C9H18N4. The molecule has 0 amide bonds. The highest BCUT2D eigenvalue weighted by molar-refractivity contribution is 5.25. The first-order chi connectivity index (χ1) is 6.24. The van der Waals surface area contributed by atoms with E-state index in [1.54, 1.807) is 6.20 Å². The van der Waals surface area contributed by atoms with E-state index in [-0.39, 0.29) is 6.04 Å². The average Bonchev–Trinajstić information content (AvgIpc) is 2.51. The van der Waals surface area contributed by atoms with E-state index in [0.717, 1.165) is 25.5 Å². The molecule has 0 aliphatic carbocycles. The second kappa shape index (κ2) is 4.87. The summed E-state index contributed by atoms with van der Waals surface area (Å²) in [7, 11) is 0. The summed E-state index contributed by atoms with van der Waals surface area (Å²) < 4.78 is 2.07. The lowest BCUT2D eigenvalue weighted by atomic mass is 10.2. The summed E-state index contributed by atoms with van der Waals surface area (Å²) in [5.74, 6) is 0.933. The number of rotatable bonds is 5. The molecule has 1 heterocycles. The molecule has 4 heteroatoms. The van der Waals surface area contributed by atoms with Crippen LogP contribution in [0.5, 0.6) is 0 Å². The molecule has 1 aromatic heterocycles. The number of imidazole rings is 1. The van der Waals surface area contributed by atoms with Gasteiger partial charge in [0.1, 0.15) is 0 Å². The first-order valence-electron chi connectivity index (χ1n) is 4.74. The van der Waals surface area contributed by atoms with Crippen LogP contribution in [0, 0.1) is 0 Å². The Morgan fingerprint density at radius 2 is 2.46 bits per heavy atom. The third kappa shape index (κ3) is 3.06. The highest BCUT2D eigenvalue weighted by Gasteiger charge is 1.99. The van der Waals surface area contributed by atoms with Gasteiger partial charge in [0.25, 0.3) is 0 Å². The lowest BCUT2D eigenvalue weighted by Gasteiger charge is -2.08. The first-order valence-corrected chi connectivity index (χ1v) is 4.74. The van der Waals surface area contributed by atoms with Gasteiger partial charge in [-0.25, -0.2) is 4.98 Å². The molecule has 0 bridgehead atoms. The lowest BCUT2D eigenvalue weighted by Crippen LogP contribution is -2.20. The van der Waals surface area contributed by atoms with Gasteiger partial charge in [-0.3, -0.25) is 0 Å². The van der Waals surface area contributed by atoms with E-state index in [1.807, 2.05) is 13.1 Å². The summed E-state index contributed by atoms with van der Waals surface area (Å²) in [6.45, 7) is 5.93. The Balaban J connectivity index is 2.36. The van der Waals surface area contributed by atoms with Crippen molar-refractivity contribution in [3.63, 3.8) is 0 Å². The van der Waals surface area contributed by atoms with E-state index in [0.29, 0.717) is 0 Å². The standard InChI is InChI=1S/C9H18N4/c1-3-13-7-6-12-9(13)11-5-4-8(2)10/h6-8H,3-5,10H2,1-2H3,(H,11,12). The Labute approximate surface area is 79.1 Å². The van der Waals surface area contributed by atoms with Crippen molar-refractivity contribution in [1.82, 2.24) is 9.55 Å². The fourth-order valence-corrected chi connectivity index (χ4v) is 1.14. The van der Waals surface area contributed by atoms with Gasteiger partial charge in [-0.1, -0.05) is 0 Å². The molecule has 3 N–H and O–H groups in total. The van der Waals surface area contributed by atoms with E-state index >= 15 is 0 Å². The van der Waals surface area contributed by atoms with E-state index in [2.05, 4.69) is 21.8 Å². The SMILES string of the molecule is CCn1ccnc1NCCC(C)N. The van der Waals surface area contributed by atoms with Crippen molar-refractivity contribution < 1.29 is 0 Å². The summed E-state index contributed by atoms with van der Waals surface area (Å²) in [5.41, 5.74) is 5.64. The Morgan fingerprint density at radius 3 is 3.08 bits per heavy atom. The monoisotopic (exact) mass is 182 g/mol. The number of nitrogens with one attached hydrogen (secondary N) is 1. The molecule has 1 unspecified atom stereocenters. The quantitative estimate of drug-likeness (QED) is 0.715. The number of aryl methyl sites for hydroxylation is 1. The van der Waals surface area contributed by atoms with Gasteiger partial charge in [-0.05, 0) is 20.3 Å². The van der Waals surface area contributed by atoms with Crippen molar-refractivity contribution in [3.05, 3.63) is 12.4 Å².